The number of benzene rings is 1. The number of hydrogen-bond acceptors (Lipinski definition) is 2. The van der Waals surface area contributed by atoms with E-state index < -0.39 is 0 Å². The lowest BCUT2D eigenvalue weighted by Crippen LogP contribution is -1.96. The molecule has 1 nitrogen and oxygen atoms in total. The lowest BCUT2D eigenvalue weighted by atomic mass is 10.0. The molecule has 0 saturated heterocycles. The SMILES string of the molecule is CCC(=O)c1ccc(C)c2ccsc12. The second-order valence-corrected chi connectivity index (χ2v) is 4.29. The summed E-state index contributed by atoms with van der Waals surface area (Å²) < 4.78 is 1.14. The van der Waals surface area contributed by atoms with Crippen LogP contribution in [-0.2, 0) is 0 Å². The van der Waals surface area contributed by atoms with E-state index in [0.29, 0.717) is 6.42 Å². The number of aryl methyl sites for hydroxylation is 1. The molecule has 0 saturated carbocycles. The molecule has 0 spiro atoms. The standard InChI is InChI=1S/C12H12OS/c1-3-11(13)10-5-4-8(2)9-6-7-14-12(9)10/h4-7H,3H2,1-2H3. The first-order valence-corrected chi connectivity index (χ1v) is 5.62. The van der Waals surface area contributed by atoms with Gasteiger partial charge in [0, 0.05) is 16.7 Å². The molecule has 0 radical (unpaired) electrons. The van der Waals surface area contributed by atoms with Crippen LogP contribution in [0.15, 0.2) is 23.6 Å². The van der Waals surface area contributed by atoms with E-state index in [1.54, 1.807) is 11.3 Å². The summed E-state index contributed by atoms with van der Waals surface area (Å²) >= 11 is 1.65. The Hall–Kier alpha value is -1.15. The quantitative estimate of drug-likeness (QED) is 0.680. The normalized spacial score (nSPS) is 10.7. The first-order valence-electron chi connectivity index (χ1n) is 4.74. The lowest BCUT2D eigenvalue weighted by Gasteiger charge is -2.02. The summed E-state index contributed by atoms with van der Waals surface area (Å²) in [6.07, 6.45) is 0.579. The number of carbonyl (C=O) groups excluding carboxylic acids is 1. The van der Waals surface area contributed by atoms with Gasteiger partial charge >= 0.3 is 0 Å². The number of Topliss-reactive ketones (excluding diaryl/α,β-unsaturated/α-hetero) is 1. The zero-order chi connectivity index (χ0) is 10.1. The van der Waals surface area contributed by atoms with Gasteiger partial charge in [-0.2, -0.15) is 0 Å². The molecule has 0 bridgehead atoms. The molecule has 14 heavy (non-hydrogen) atoms. The predicted octanol–water partition coefficient (Wildman–Crippen LogP) is 3.80. The van der Waals surface area contributed by atoms with E-state index in [0.717, 1.165) is 10.3 Å². The summed E-state index contributed by atoms with van der Waals surface area (Å²) in [4.78, 5) is 11.6. The van der Waals surface area contributed by atoms with Crippen LogP contribution in [0.3, 0.4) is 0 Å². The van der Waals surface area contributed by atoms with Gasteiger partial charge in [0.25, 0.3) is 0 Å². The van der Waals surface area contributed by atoms with Crippen LogP contribution in [-0.4, -0.2) is 5.78 Å². The summed E-state index contributed by atoms with van der Waals surface area (Å²) in [5, 5.41) is 3.26. The fraction of sp³-hybridized carbons (Fsp3) is 0.250. The van der Waals surface area contributed by atoms with Crippen molar-refractivity contribution >= 4 is 27.2 Å². The van der Waals surface area contributed by atoms with Gasteiger partial charge in [0.1, 0.15) is 0 Å². The second-order valence-electron chi connectivity index (χ2n) is 3.37. The van der Waals surface area contributed by atoms with E-state index in [1.165, 1.54) is 10.9 Å². The lowest BCUT2D eigenvalue weighted by molar-refractivity contribution is 0.0990. The maximum absolute atomic E-state index is 11.6. The van der Waals surface area contributed by atoms with Crippen molar-refractivity contribution < 1.29 is 4.79 Å². The average Bonchev–Trinajstić information content (AvgIpc) is 2.67. The minimum atomic E-state index is 0.234. The van der Waals surface area contributed by atoms with Gasteiger partial charge in [-0.1, -0.05) is 13.0 Å². The molecule has 2 heteroatoms. The molecule has 1 aromatic carbocycles. The monoisotopic (exact) mass is 204 g/mol. The van der Waals surface area contributed by atoms with Gasteiger partial charge in [-0.05, 0) is 35.4 Å². The molecular weight excluding hydrogens is 192 g/mol. The molecule has 1 heterocycles. The number of fused-ring (bicyclic) bond motifs is 1. The van der Waals surface area contributed by atoms with Crippen LogP contribution in [0, 0.1) is 6.92 Å². The van der Waals surface area contributed by atoms with E-state index >= 15 is 0 Å². The molecule has 72 valence electrons. The highest BCUT2D eigenvalue weighted by Crippen LogP contribution is 2.28. The molecule has 2 aromatic rings. The van der Waals surface area contributed by atoms with E-state index in [-0.39, 0.29) is 5.78 Å². The summed E-state index contributed by atoms with van der Waals surface area (Å²) in [6.45, 7) is 3.98. The van der Waals surface area contributed by atoms with E-state index in [9.17, 15) is 4.79 Å². The summed E-state index contributed by atoms with van der Waals surface area (Å²) in [5.74, 6) is 0.234. The third kappa shape index (κ3) is 1.36. The zero-order valence-electron chi connectivity index (χ0n) is 8.33. The molecule has 0 fully saturated rings. The van der Waals surface area contributed by atoms with Gasteiger partial charge in [0.05, 0.1) is 0 Å². The molecular formula is C12H12OS. The number of thiophene rings is 1. The van der Waals surface area contributed by atoms with Crippen LogP contribution in [0.2, 0.25) is 0 Å². The summed E-state index contributed by atoms with van der Waals surface area (Å²) in [6, 6.07) is 6.06. The fourth-order valence-electron chi connectivity index (χ4n) is 1.61. The van der Waals surface area contributed by atoms with Gasteiger partial charge in [0.2, 0.25) is 0 Å². The van der Waals surface area contributed by atoms with E-state index in [1.807, 2.05) is 24.4 Å². The number of rotatable bonds is 2. The van der Waals surface area contributed by atoms with Gasteiger partial charge in [-0.15, -0.1) is 11.3 Å². The predicted molar refractivity (Wildman–Crippen MR) is 61.2 cm³/mol. The molecule has 0 atom stereocenters. The molecule has 0 aliphatic heterocycles. The molecule has 0 amide bonds. The Kier molecular flexibility index (Phi) is 2.38. The van der Waals surface area contributed by atoms with E-state index in [4.69, 9.17) is 0 Å². The first-order chi connectivity index (χ1) is 6.74. The first kappa shape index (κ1) is 9.41. The number of ketones is 1. The van der Waals surface area contributed by atoms with Crippen molar-refractivity contribution in [3.05, 3.63) is 34.7 Å². The Morgan fingerprint density at radius 1 is 1.36 bits per heavy atom. The largest absolute Gasteiger partial charge is 0.294 e. The third-order valence-electron chi connectivity index (χ3n) is 2.46. The highest BCUT2D eigenvalue weighted by molar-refractivity contribution is 7.17. The Balaban J connectivity index is 2.72. The molecule has 0 aliphatic rings. The highest BCUT2D eigenvalue weighted by Gasteiger charge is 2.09. The van der Waals surface area contributed by atoms with Crippen molar-refractivity contribution in [3.63, 3.8) is 0 Å². The molecule has 2 rings (SSSR count). The molecule has 0 N–H and O–H groups in total. The van der Waals surface area contributed by atoms with E-state index in [2.05, 4.69) is 13.0 Å². The Labute approximate surface area is 87.4 Å². The van der Waals surface area contributed by atoms with Crippen molar-refractivity contribution in [2.45, 2.75) is 20.3 Å². The summed E-state index contributed by atoms with van der Waals surface area (Å²) in [7, 11) is 0. The van der Waals surface area contributed by atoms with Gasteiger partial charge in [-0.3, -0.25) is 4.79 Å². The van der Waals surface area contributed by atoms with Gasteiger partial charge < -0.3 is 0 Å². The number of hydrogen-bond donors (Lipinski definition) is 0. The molecule has 0 unspecified atom stereocenters. The van der Waals surface area contributed by atoms with Crippen LogP contribution in [0.25, 0.3) is 10.1 Å². The van der Waals surface area contributed by atoms with Crippen LogP contribution in [0.4, 0.5) is 0 Å². The van der Waals surface area contributed by atoms with Crippen molar-refractivity contribution in [2.24, 2.45) is 0 Å². The zero-order valence-corrected chi connectivity index (χ0v) is 9.15. The maximum Gasteiger partial charge on any atom is 0.164 e. The highest BCUT2D eigenvalue weighted by atomic mass is 32.1. The summed E-state index contributed by atoms with van der Waals surface area (Å²) in [5.41, 5.74) is 2.12. The van der Waals surface area contributed by atoms with Crippen molar-refractivity contribution in [1.82, 2.24) is 0 Å². The minimum absolute atomic E-state index is 0.234. The minimum Gasteiger partial charge on any atom is -0.294 e. The molecule has 0 aliphatic carbocycles. The van der Waals surface area contributed by atoms with Crippen LogP contribution in [0.5, 0.6) is 0 Å². The topological polar surface area (TPSA) is 17.1 Å². The van der Waals surface area contributed by atoms with Crippen LogP contribution < -0.4 is 0 Å². The Morgan fingerprint density at radius 3 is 2.86 bits per heavy atom. The van der Waals surface area contributed by atoms with Crippen LogP contribution in [0.1, 0.15) is 29.3 Å². The van der Waals surface area contributed by atoms with Gasteiger partial charge in [0.15, 0.2) is 5.78 Å². The van der Waals surface area contributed by atoms with Gasteiger partial charge in [-0.25, -0.2) is 0 Å². The number of carbonyl (C=O) groups is 1. The van der Waals surface area contributed by atoms with Crippen molar-refractivity contribution in [3.8, 4) is 0 Å². The Morgan fingerprint density at radius 2 is 2.14 bits per heavy atom. The van der Waals surface area contributed by atoms with Crippen molar-refractivity contribution in [1.29, 1.82) is 0 Å². The fourth-order valence-corrected chi connectivity index (χ4v) is 2.62. The molecule has 1 aromatic heterocycles. The Bertz CT molecular complexity index is 482. The van der Waals surface area contributed by atoms with Crippen LogP contribution >= 0.6 is 11.3 Å². The van der Waals surface area contributed by atoms with Crippen molar-refractivity contribution in [2.75, 3.05) is 0 Å². The third-order valence-corrected chi connectivity index (χ3v) is 3.40. The second kappa shape index (κ2) is 3.54. The smallest absolute Gasteiger partial charge is 0.164 e. The average molecular weight is 204 g/mol. The maximum atomic E-state index is 11.6.